The van der Waals surface area contributed by atoms with Crippen molar-refractivity contribution in [1.82, 2.24) is 9.88 Å². The first-order valence-corrected chi connectivity index (χ1v) is 9.53. The maximum Gasteiger partial charge on any atom is 0.191 e. The quantitative estimate of drug-likeness (QED) is 0.371. The molecule has 0 amide bonds. The van der Waals surface area contributed by atoms with E-state index in [4.69, 9.17) is 15.2 Å². The van der Waals surface area contributed by atoms with Gasteiger partial charge in [0.15, 0.2) is 11.1 Å². The van der Waals surface area contributed by atoms with Gasteiger partial charge >= 0.3 is 0 Å². The van der Waals surface area contributed by atoms with Crippen molar-refractivity contribution in [2.45, 2.75) is 13.0 Å². The van der Waals surface area contributed by atoms with Gasteiger partial charge in [-0.05, 0) is 31.2 Å². The van der Waals surface area contributed by atoms with E-state index in [2.05, 4.69) is 19.8 Å². The molecule has 2 heterocycles. The van der Waals surface area contributed by atoms with Crippen LogP contribution < -0.4 is 20.1 Å². The average molecular weight is 503 g/mol. The van der Waals surface area contributed by atoms with Crippen molar-refractivity contribution < 1.29 is 9.47 Å². The SMILES string of the molecule is COc1ccc(OC(C)CN=C(N)N2CCN(c3nccs3)CC2)cc1.I. The van der Waals surface area contributed by atoms with Gasteiger partial charge in [-0.25, -0.2) is 9.98 Å². The Morgan fingerprint density at radius 2 is 1.89 bits per heavy atom. The van der Waals surface area contributed by atoms with Gasteiger partial charge in [-0.15, -0.1) is 35.3 Å². The number of benzene rings is 1. The second kappa shape index (κ2) is 10.5. The summed E-state index contributed by atoms with van der Waals surface area (Å²) in [6, 6.07) is 7.53. The van der Waals surface area contributed by atoms with Crippen LogP contribution in [-0.2, 0) is 0 Å². The number of guanidine groups is 1. The third-order valence-electron chi connectivity index (χ3n) is 4.20. The number of hydrogen-bond acceptors (Lipinski definition) is 6. The molecule has 9 heteroatoms. The van der Waals surface area contributed by atoms with Gasteiger partial charge in [0.1, 0.15) is 17.6 Å². The van der Waals surface area contributed by atoms with Crippen LogP contribution in [0.15, 0.2) is 40.8 Å². The van der Waals surface area contributed by atoms with Crippen LogP contribution in [0.2, 0.25) is 0 Å². The zero-order valence-corrected chi connectivity index (χ0v) is 18.7. The molecule has 1 atom stereocenters. The third-order valence-corrected chi connectivity index (χ3v) is 5.03. The number of anilines is 1. The Kier molecular flexibility index (Phi) is 8.42. The van der Waals surface area contributed by atoms with Crippen LogP contribution in [0.3, 0.4) is 0 Å². The van der Waals surface area contributed by atoms with E-state index >= 15 is 0 Å². The van der Waals surface area contributed by atoms with E-state index < -0.39 is 0 Å². The molecule has 148 valence electrons. The molecule has 1 aromatic carbocycles. The molecule has 0 bridgehead atoms. The van der Waals surface area contributed by atoms with E-state index in [9.17, 15) is 0 Å². The Balaban J connectivity index is 0.00000261. The van der Waals surface area contributed by atoms with Gasteiger partial charge in [-0.1, -0.05) is 0 Å². The Morgan fingerprint density at radius 3 is 2.48 bits per heavy atom. The normalized spacial score (nSPS) is 15.9. The first-order valence-electron chi connectivity index (χ1n) is 8.65. The summed E-state index contributed by atoms with van der Waals surface area (Å²) in [5, 5.41) is 3.07. The Morgan fingerprint density at radius 1 is 1.22 bits per heavy atom. The summed E-state index contributed by atoms with van der Waals surface area (Å²) in [6.45, 7) is 6.01. The number of hydrogen-bond donors (Lipinski definition) is 1. The minimum atomic E-state index is -0.0569. The highest BCUT2D eigenvalue weighted by atomic mass is 127. The summed E-state index contributed by atoms with van der Waals surface area (Å²) in [6.07, 6.45) is 1.78. The molecule has 1 unspecified atom stereocenters. The van der Waals surface area contributed by atoms with E-state index in [1.807, 2.05) is 42.8 Å². The number of aromatic nitrogens is 1. The Bertz CT molecular complexity index is 703. The van der Waals surface area contributed by atoms with Crippen LogP contribution in [0.5, 0.6) is 11.5 Å². The molecule has 2 aromatic rings. The molecule has 1 saturated heterocycles. The molecular formula is C18H26IN5O2S. The molecule has 2 N–H and O–H groups in total. The standard InChI is InChI=1S/C18H25N5O2S.HI/c1-14(25-16-5-3-15(24-2)4-6-16)13-21-17(19)22-8-10-23(11-9-22)18-20-7-12-26-18;/h3-7,12,14H,8-11,13H2,1-2H3,(H2,19,21);1H. The highest BCUT2D eigenvalue weighted by Crippen LogP contribution is 2.19. The van der Waals surface area contributed by atoms with E-state index in [1.165, 1.54) is 0 Å². The molecule has 1 aliphatic heterocycles. The zero-order valence-electron chi connectivity index (χ0n) is 15.6. The van der Waals surface area contributed by atoms with Crippen molar-refractivity contribution in [3.8, 4) is 11.5 Å². The number of nitrogens with two attached hydrogens (primary N) is 1. The van der Waals surface area contributed by atoms with Crippen molar-refractivity contribution >= 4 is 46.4 Å². The number of nitrogens with zero attached hydrogens (tertiary/aromatic N) is 4. The lowest BCUT2D eigenvalue weighted by atomic mass is 10.3. The number of piperazine rings is 1. The Hall–Kier alpha value is -1.75. The predicted octanol–water partition coefficient (Wildman–Crippen LogP) is 2.67. The highest BCUT2D eigenvalue weighted by molar-refractivity contribution is 14.0. The fourth-order valence-corrected chi connectivity index (χ4v) is 3.44. The van der Waals surface area contributed by atoms with Gasteiger partial charge in [0.25, 0.3) is 0 Å². The molecule has 0 saturated carbocycles. The molecular weight excluding hydrogens is 477 g/mol. The number of rotatable bonds is 6. The molecule has 1 fully saturated rings. The molecule has 0 radical (unpaired) electrons. The average Bonchev–Trinajstić information content (AvgIpc) is 3.21. The number of halogens is 1. The number of methoxy groups -OCH3 is 1. The molecule has 7 nitrogen and oxygen atoms in total. The van der Waals surface area contributed by atoms with Gasteiger partial charge in [0, 0.05) is 37.8 Å². The van der Waals surface area contributed by atoms with E-state index in [0.717, 1.165) is 42.8 Å². The summed E-state index contributed by atoms with van der Waals surface area (Å²) in [7, 11) is 1.65. The number of aliphatic imine (C=N–C) groups is 1. The van der Waals surface area contributed by atoms with Gasteiger partial charge < -0.3 is 25.0 Å². The topological polar surface area (TPSA) is 76.2 Å². The summed E-state index contributed by atoms with van der Waals surface area (Å²) in [5.74, 6) is 2.18. The summed E-state index contributed by atoms with van der Waals surface area (Å²) < 4.78 is 11.0. The van der Waals surface area contributed by atoms with Gasteiger partial charge in [0.2, 0.25) is 0 Å². The lowest BCUT2D eigenvalue weighted by molar-refractivity contribution is 0.229. The van der Waals surface area contributed by atoms with Crippen molar-refractivity contribution in [1.29, 1.82) is 0 Å². The maximum atomic E-state index is 6.16. The zero-order chi connectivity index (χ0) is 18.4. The number of ether oxygens (including phenoxy) is 2. The second-order valence-electron chi connectivity index (χ2n) is 6.09. The van der Waals surface area contributed by atoms with Crippen LogP contribution in [0.4, 0.5) is 5.13 Å². The lowest BCUT2D eigenvalue weighted by Crippen LogP contribution is -2.51. The van der Waals surface area contributed by atoms with Crippen LogP contribution in [0, 0.1) is 0 Å². The predicted molar refractivity (Wildman–Crippen MR) is 121 cm³/mol. The fourth-order valence-electron chi connectivity index (χ4n) is 2.74. The first kappa shape index (κ1) is 21.5. The van der Waals surface area contributed by atoms with Crippen molar-refractivity contribution in [2.75, 3.05) is 44.7 Å². The largest absolute Gasteiger partial charge is 0.497 e. The van der Waals surface area contributed by atoms with Crippen LogP contribution in [0.25, 0.3) is 0 Å². The van der Waals surface area contributed by atoms with E-state index in [1.54, 1.807) is 18.4 Å². The van der Waals surface area contributed by atoms with Gasteiger partial charge in [0.05, 0.1) is 13.7 Å². The van der Waals surface area contributed by atoms with Crippen LogP contribution >= 0.6 is 35.3 Å². The highest BCUT2D eigenvalue weighted by Gasteiger charge is 2.20. The molecule has 27 heavy (non-hydrogen) atoms. The summed E-state index contributed by atoms with van der Waals surface area (Å²) in [4.78, 5) is 13.3. The lowest BCUT2D eigenvalue weighted by Gasteiger charge is -2.35. The minimum Gasteiger partial charge on any atom is -0.497 e. The molecule has 1 aromatic heterocycles. The second-order valence-corrected chi connectivity index (χ2v) is 6.96. The molecule has 0 aliphatic carbocycles. The Labute approximate surface area is 181 Å². The van der Waals surface area contributed by atoms with Crippen LogP contribution in [0.1, 0.15) is 6.92 Å². The summed E-state index contributed by atoms with van der Waals surface area (Å²) in [5.41, 5.74) is 6.16. The first-order chi connectivity index (χ1) is 12.7. The van der Waals surface area contributed by atoms with E-state index in [-0.39, 0.29) is 30.1 Å². The van der Waals surface area contributed by atoms with Crippen molar-refractivity contribution in [2.24, 2.45) is 10.7 Å². The fraction of sp³-hybridized carbons (Fsp3) is 0.444. The van der Waals surface area contributed by atoms with Crippen molar-refractivity contribution in [3.63, 3.8) is 0 Å². The number of thiazole rings is 1. The maximum absolute atomic E-state index is 6.16. The third kappa shape index (κ3) is 6.13. The van der Waals surface area contributed by atoms with Crippen molar-refractivity contribution in [3.05, 3.63) is 35.8 Å². The smallest absolute Gasteiger partial charge is 0.191 e. The van der Waals surface area contributed by atoms with Gasteiger partial charge in [-0.2, -0.15) is 0 Å². The molecule has 3 rings (SSSR count). The van der Waals surface area contributed by atoms with Gasteiger partial charge in [-0.3, -0.25) is 0 Å². The summed E-state index contributed by atoms with van der Waals surface area (Å²) >= 11 is 1.67. The molecule has 1 aliphatic rings. The minimum absolute atomic E-state index is 0. The van der Waals surface area contributed by atoms with E-state index in [0.29, 0.717) is 12.5 Å². The van der Waals surface area contributed by atoms with Crippen LogP contribution in [-0.4, -0.2) is 61.8 Å². The molecule has 0 spiro atoms. The monoisotopic (exact) mass is 503 g/mol.